The minimum absolute atomic E-state index is 0.00681. The first-order chi connectivity index (χ1) is 19.6. The van der Waals surface area contributed by atoms with Gasteiger partial charge >= 0.3 is 0 Å². The van der Waals surface area contributed by atoms with Crippen molar-refractivity contribution in [2.75, 3.05) is 6.67 Å². The Morgan fingerprint density at radius 1 is 0.525 bits per heavy atom. The topological polar surface area (TPSA) is 87.4 Å². The van der Waals surface area contributed by atoms with Gasteiger partial charge in [-0.1, -0.05) is 109 Å². The summed E-state index contributed by atoms with van der Waals surface area (Å²) >= 11 is 0. The van der Waals surface area contributed by atoms with Gasteiger partial charge in [0.05, 0.1) is 32.0 Å². The predicted octanol–water partition coefficient (Wildman–Crippen LogP) is 4.02. The van der Waals surface area contributed by atoms with E-state index in [1.807, 2.05) is 97.1 Å². The third-order valence-electron chi connectivity index (χ3n) is 7.90. The fraction of sp³-hybridized carbons (Fsp3) is 0.294. The maximum Gasteiger partial charge on any atom is 0.101 e. The van der Waals surface area contributed by atoms with Gasteiger partial charge in [0.25, 0.3) is 0 Å². The molecule has 1 heterocycles. The summed E-state index contributed by atoms with van der Waals surface area (Å²) < 4.78 is 0. The van der Waals surface area contributed by atoms with Gasteiger partial charge in [0, 0.05) is 19.1 Å². The lowest BCUT2D eigenvalue weighted by Gasteiger charge is -2.35. The summed E-state index contributed by atoms with van der Waals surface area (Å²) in [6.07, 6.45) is -1.42. The monoisotopic (exact) mass is 538 g/mol. The smallest absolute Gasteiger partial charge is 0.101 e. The minimum Gasteiger partial charge on any atom is -0.392 e. The summed E-state index contributed by atoms with van der Waals surface area (Å²) in [5, 5.41) is 42.7. The molecule has 0 amide bonds. The van der Waals surface area contributed by atoms with Gasteiger partial charge in [-0.3, -0.25) is 9.80 Å². The molecule has 4 aromatic rings. The van der Waals surface area contributed by atoms with E-state index in [1.165, 1.54) is 0 Å². The second-order valence-corrected chi connectivity index (χ2v) is 10.7. The SMILES string of the molecule is OCc1ccc(CN2CN(Cc3ccc(CO)cc3)[C@H](c3ccccc3)[C@H](O)[C@@H](O)[C@H]2Cc2ccccc2)cc1. The van der Waals surface area contributed by atoms with Gasteiger partial charge in [-0.05, 0) is 39.8 Å². The predicted molar refractivity (Wildman–Crippen MR) is 156 cm³/mol. The Morgan fingerprint density at radius 2 is 1.00 bits per heavy atom. The van der Waals surface area contributed by atoms with Crippen LogP contribution >= 0.6 is 0 Å². The Bertz CT molecular complexity index is 1320. The van der Waals surface area contributed by atoms with Crippen LogP contribution in [-0.2, 0) is 32.7 Å². The van der Waals surface area contributed by atoms with E-state index in [0.717, 1.165) is 33.4 Å². The second kappa shape index (κ2) is 13.3. The highest BCUT2D eigenvalue weighted by molar-refractivity contribution is 5.27. The number of nitrogens with zero attached hydrogens (tertiary/aromatic N) is 2. The van der Waals surface area contributed by atoms with Crippen LogP contribution in [0.15, 0.2) is 109 Å². The van der Waals surface area contributed by atoms with Crippen molar-refractivity contribution < 1.29 is 20.4 Å². The first-order valence-corrected chi connectivity index (χ1v) is 13.9. The van der Waals surface area contributed by atoms with E-state index in [0.29, 0.717) is 26.2 Å². The largest absolute Gasteiger partial charge is 0.392 e. The molecular formula is C34H38N2O4. The number of hydrogen-bond acceptors (Lipinski definition) is 6. The highest BCUT2D eigenvalue weighted by atomic mass is 16.3. The highest BCUT2D eigenvalue weighted by Crippen LogP contribution is 2.35. The van der Waals surface area contributed by atoms with Crippen molar-refractivity contribution in [3.63, 3.8) is 0 Å². The van der Waals surface area contributed by atoms with E-state index in [1.54, 1.807) is 0 Å². The average Bonchev–Trinajstić information content (AvgIpc) is 3.09. The Labute approximate surface area is 236 Å². The van der Waals surface area contributed by atoms with Crippen molar-refractivity contribution in [1.82, 2.24) is 9.80 Å². The van der Waals surface area contributed by atoms with Crippen molar-refractivity contribution in [3.8, 4) is 0 Å². The van der Waals surface area contributed by atoms with Gasteiger partial charge in [-0.15, -0.1) is 0 Å². The normalized spacial score (nSPS) is 22.2. The van der Waals surface area contributed by atoms with Gasteiger partial charge in [-0.2, -0.15) is 0 Å². The molecule has 0 radical (unpaired) electrons. The van der Waals surface area contributed by atoms with E-state index in [-0.39, 0.29) is 19.3 Å². The molecule has 5 rings (SSSR count). The molecule has 1 saturated heterocycles. The van der Waals surface area contributed by atoms with Crippen LogP contribution in [0, 0.1) is 0 Å². The van der Waals surface area contributed by atoms with Gasteiger partial charge < -0.3 is 20.4 Å². The molecule has 6 heteroatoms. The highest BCUT2D eigenvalue weighted by Gasteiger charge is 2.43. The quantitative estimate of drug-likeness (QED) is 0.258. The molecule has 1 aliphatic rings. The van der Waals surface area contributed by atoms with Gasteiger partial charge in [-0.25, -0.2) is 0 Å². The number of hydrogen-bond donors (Lipinski definition) is 4. The summed E-state index contributed by atoms with van der Waals surface area (Å²) in [4.78, 5) is 4.50. The van der Waals surface area contributed by atoms with Crippen molar-refractivity contribution in [2.45, 2.75) is 57.0 Å². The first kappa shape index (κ1) is 28.2. The molecule has 4 N–H and O–H groups in total. The summed E-state index contributed by atoms with van der Waals surface area (Å²) in [5.41, 5.74) is 5.90. The summed E-state index contributed by atoms with van der Waals surface area (Å²) in [5.74, 6) is 0. The Balaban J connectivity index is 1.54. The lowest BCUT2D eigenvalue weighted by molar-refractivity contribution is -0.0418. The minimum atomic E-state index is -1.02. The van der Waals surface area contributed by atoms with E-state index >= 15 is 0 Å². The van der Waals surface area contributed by atoms with E-state index in [9.17, 15) is 20.4 Å². The van der Waals surface area contributed by atoms with Crippen LogP contribution in [-0.4, -0.2) is 55.1 Å². The summed E-state index contributed by atoms with van der Waals surface area (Å²) in [7, 11) is 0. The average molecular weight is 539 g/mol. The molecule has 6 nitrogen and oxygen atoms in total. The van der Waals surface area contributed by atoms with E-state index in [4.69, 9.17) is 0 Å². The third kappa shape index (κ3) is 6.67. The van der Waals surface area contributed by atoms with Crippen molar-refractivity contribution in [2.24, 2.45) is 0 Å². The number of rotatable bonds is 9. The third-order valence-corrected chi connectivity index (χ3v) is 7.90. The van der Waals surface area contributed by atoms with E-state index < -0.39 is 18.2 Å². The molecular weight excluding hydrogens is 500 g/mol. The summed E-state index contributed by atoms with van der Waals surface area (Å²) in [6.45, 7) is 1.65. The lowest BCUT2D eigenvalue weighted by Crippen LogP contribution is -2.48. The van der Waals surface area contributed by atoms with Crippen LogP contribution in [0.5, 0.6) is 0 Å². The molecule has 4 aromatic carbocycles. The van der Waals surface area contributed by atoms with Gasteiger partial charge in [0.15, 0.2) is 0 Å². The molecule has 0 bridgehead atoms. The molecule has 40 heavy (non-hydrogen) atoms. The fourth-order valence-corrected chi connectivity index (χ4v) is 5.72. The van der Waals surface area contributed by atoms with Crippen LogP contribution in [0.2, 0.25) is 0 Å². The zero-order chi connectivity index (χ0) is 27.9. The van der Waals surface area contributed by atoms with Gasteiger partial charge in [0.1, 0.15) is 6.10 Å². The molecule has 0 spiro atoms. The lowest BCUT2D eigenvalue weighted by atomic mass is 9.90. The van der Waals surface area contributed by atoms with Crippen LogP contribution in [0.3, 0.4) is 0 Å². The fourth-order valence-electron chi connectivity index (χ4n) is 5.72. The number of benzene rings is 4. The first-order valence-electron chi connectivity index (χ1n) is 13.9. The molecule has 0 unspecified atom stereocenters. The zero-order valence-electron chi connectivity index (χ0n) is 22.6. The second-order valence-electron chi connectivity index (χ2n) is 10.7. The van der Waals surface area contributed by atoms with Crippen LogP contribution in [0.1, 0.15) is 39.4 Å². The maximum absolute atomic E-state index is 11.8. The molecule has 208 valence electrons. The number of aliphatic hydroxyl groups is 4. The molecule has 4 atom stereocenters. The molecule has 0 aliphatic carbocycles. The Hall–Kier alpha value is -3.36. The van der Waals surface area contributed by atoms with Crippen LogP contribution in [0.4, 0.5) is 0 Å². The molecule has 0 saturated carbocycles. The summed E-state index contributed by atoms with van der Waals surface area (Å²) in [6, 6.07) is 35.1. The Morgan fingerprint density at radius 3 is 1.52 bits per heavy atom. The molecule has 0 aromatic heterocycles. The van der Waals surface area contributed by atoms with Crippen LogP contribution in [0.25, 0.3) is 0 Å². The van der Waals surface area contributed by atoms with Gasteiger partial charge in [0.2, 0.25) is 0 Å². The standard InChI is InChI=1S/C34H38N2O4/c37-22-28-15-11-26(12-16-28)20-35-24-36(21-27-13-17-29(23-38)18-14-27)32(30-9-5-2-6-10-30)34(40)33(39)31(35)19-25-7-3-1-4-8-25/h1-18,31-34,37-40H,19-24H2/t31-,32-,33+,34+/m1/s1. The van der Waals surface area contributed by atoms with Crippen molar-refractivity contribution in [3.05, 3.63) is 143 Å². The maximum atomic E-state index is 11.8. The zero-order valence-corrected chi connectivity index (χ0v) is 22.6. The van der Waals surface area contributed by atoms with Crippen LogP contribution < -0.4 is 0 Å². The molecule has 1 aliphatic heterocycles. The Kier molecular flexibility index (Phi) is 9.39. The van der Waals surface area contributed by atoms with E-state index in [2.05, 4.69) is 21.9 Å². The van der Waals surface area contributed by atoms with Crippen molar-refractivity contribution in [1.29, 1.82) is 0 Å². The number of aliphatic hydroxyl groups excluding tert-OH is 4. The van der Waals surface area contributed by atoms with Crippen molar-refractivity contribution >= 4 is 0 Å². The molecule has 1 fully saturated rings.